The molecule has 2 rings (SSSR count). The smallest absolute Gasteiger partial charge is 0.714 e. The van der Waals surface area contributed by atoms with Gasteiger partial charge in [0.2, 0.25) is 0 Å². The number of hydrogen-bond acceptors (Lipinski definition) is 6. The zero-order chi connectivity index (χ0) is 14.8. The summed E-state index contributed by atoms with van der Waals surface area (Å²) in [5.41, 5.74) is 2.02. The van der Waals surface area contributed by atoms with Gasteiger partial charge in [0.15, 0.2) is 0 Å². The van der Waals surface area contributed by atoms with Crippen LogP contribution in [0.4, 0.5) is 5.69 Å². The van der Waals surface area contributed by atoms with E-state index in [1.165, 1.54) is 0 Å². The average molecular weight is 357 g/mol. The summed E-state index contributed by atoms with van der Waals surface area (Å²) in [5.74, 6) is 0. The molecular weight excluding hydrogens is 343 g/mol. The van der Waals surface area contributed by atoms with Crippen molar-refractivity contribution in [3.63, 3.8) is 0 Å². The van der Waals surface area contributed by atoms with Gasteiger partial charge in [-0.1, -0.05) is 23.7 Å². The monoisotopic (exact) mass is 356 g/mol. The van der Waals surface area contributed by atoms with Gasteiger partial charge in [0.25, 0.3) is 10.4 Å². The average Bonchev–Trinajstić information content (AvgIpc) is 2.36. The topological polar surface area (TPSA) is 82.0 Å². The van der Waals surface area contributed by atoms with Crippen molar-refractivity contribution in [3.8, 4) is 0 Å². The van der Waals surface area contributed by atoms with E-state index >= 15 is 0 Å². The third kappa shape index (κ3) is 5.47. The van der Waals surface area contributed by atoms with Crippen molar-refractivity contribution in [2.75, 3.05) is 18.0 Å². The van der Waals surface area contributed by atoms with Gasteiger partial charge in [0.05, 0.1) is 5.71 Å². The molecule has 6 nitrogen and oxygen atoms in total. The first-order valence-corrected chi connectivity index (χ1v) is 7.88. The molecule has 0 fully saturated rings. The predicted octanol–water partition coefficient (Wildman–Crippen LogP) is -0.855. The van der Waals surface area contributed by atoms with E-state index in [-0.39, 0.29) is 51.4 Å². The van der Waals surface area contributed by atoms with Crippen LogP contribution in [-0.2, 0) is 14.7 Å². The van der Waals surface area contributed by atoms with Gasteiger partial charge in [0, 0.05) is 35.8 Å². The molecule has 110 valence electrons. The number of fused-ring (bicyclic) bond motifs is 1. The fourth-order valence-corrected chi connectivity index (χ4v) is 2.55. The summed E-state index contributed by atoms with van der Waals surface area (Å²) in [6.45, 7) is 3.64. The molecule has 0 atom stereocenters. The first-order valence-electron chi connectivity index (χ1n) is 6.17. The maximum atomic E-state index is 10.5. The summed E-state index contributed by atoms with van der Waals surface area (Å²) in [5, 5.41) is 3.98. The fourth-order valence-electron chi connectivity index (χ4n) is 2.20. The molecule has 1 aliphatic rings. The molecule has 1 aromatic rings. The number of nitrogens with zero attached hydrogens (tertiary/aromatic N) is 2. The molecule has 0 unspecified atom stereocenters. The molecule has 9 heteroatoms. The Labute approximate surface area is 171 Å². The minimum atomic E-state index is -4.84. The SMILES string of the molecule is CCCN1CC/C(=N/OS(=O)(=O)[O-])c2cc(Cl)ccc21.[K+]. The van der Waals surface area contributed by atoms with Gasteiger partial charge >= 0.3 is 51.4 Å². The number of oxime groups is 1. The van der Waals surface area contributed by atoms with Gasteiger partial charge in [-0.05, 0) is 24.6 Å². The Balaban J connectivity index is 0.00000220. The number of hydrogen-bond donors (Lipinski definition) is 0. The molecule has 0 saturated heterocycles. The van der Waals surface area contributed by atoms with Gasteiger partial charge in [-0.3, -0.25) is 4.28 Å². The van der Waals surface area contributed by atoms with Crippen molar-refractivity contribution in [1.29, 1.82) is 0 Å². The standard InChI is InChI=1S/C12H15ClN2O4S.K/c1-2-6-15-7-5-11(14-19-20(16,17)18)10-8-9(13)3-4-12(10)15;/h3-4,8H,2,5-7H2,1H3,(H,16,17,18);/q;+1/p-1/b14-11-;. The van der Waals surface area contributed by atoms with Gasteiger partial charge in [-0.25, -0.2) is 0 Å². The van der Waals surface area contributed by atoms with Crippen LogP contribution < -0.4 is 56.3 Å². The van der Waals surface area contributed by atoms with Crippen LogP contribution in [-0.4, -0.2) is 31.8 Å². The molecule has 0 aromatic heterocycles. The van der Waals surface area contributed by atoms with E-state index in [1.807, 2.05) is 6.07 Å². The fraction of sp³-hybridized carbons (Fsp3) is 0.417. The van der Waals surface area contributed by atoms with E-state index < -0.39 is 10.4 Å². The van der Waals surface area contributed by atoms with Crippen LogP contribution in [0.2, 0.25) is 5.02 Å². The van der Waals surface area contributed by atoms with Crippen molar-refractivity contribution < 1.29 is 68.6 Å². The predicted molar refractivity (Wildman–Crippen MR) is 75.9 cm³/mol. The van der Waals surface area contributed by atoms with Gasteiger partial charge in [0.1, 0.15) is 0 Å². The zero-order valence-electron chi connectivity index (χ0n) is 11.9. The Kier molecular flexibility index (Phi) is 7.62. The number of halogens is 1. The van der Waals surface area contributed by atoms with Crippen LogP contribution >= 0.6 is 11.6 Å². The van der Waals surface area contributed by atoms with Crippen LogP contribution in [0.25, 0.3) is 0 Å². The van der Waals surface area contributed by atoms with E-state index in [0.717, 1.165) is 18.7 Å². The molecule has 0 saturated carbocycles. The van der Waals surface area contributed by atoms with E-state index in [4.69, 9.17) is 11.6 Å². The Morgan fingerprint density at radius 3 is 2.81 bits per heavy atom. The molecule has 1 aliphatic heterocycles. The molecule has 0 amide bonds. The van der Waals surface area contributed by atoms with Gasteiger partial charge < -0.3 is 9.45 Å². The zero-order valence-corrected chi connectivity index (χ0v) is 16.6. The Morgan fingerprint density at radius 1 is 1.48 bits per heavy atom. The minimum Gasteiger partial charge on any atom is -0.714 e. The second-order valence-electron chi connectivity index (χ2n) is 4.42. The summed E-state index contributed by atoms with van der Waals surface area (Å²) in [6.07, 6.45) is 1.48. The maximum absolute atomic E-state index is 10.5. The molecule has 1 aromatic carbocycles. The normalized spacial score (nSPS) is 16.3. The second kappa shape index (κ2) is 8.26. The van der Waals surface area contributed by atoms with Crippen LogP contribution in [0.1, 0.15) is 25.3 Å². The summed E-state index contributed by atoms with van der Waals surface area (Å²) in [4.78, 5) is 2.16. The van der Waals surface area contributed by atoms with Crippen LogP contribution in [0, 0.1) is 0 Å². The molecule has 0 aliphatic carbocycles. The van der Waals surface area contributed by atoms with Crippen molar-refractivity contribution in [1.82, 2.24) is 0 Å². The number of rotatable bonds is 4. The largest absolute Gasteiger partial charge is 1.00 e. The molecule has 0 N–H and O–H groups in total. The Bertz CT molecular complexity index is 636. The Hall–Kier alpha value is 0.326. The summed E-state index contributed by atoms with van der Waals surface area (Å²) >= 11 is 5.96. The summed E-state index contributed by atoms with van der Waals surface area (Å²) in [6, 6.07) is 5.31. The summed E-state index contributed by atoms with van der Waals surface area (Å²) in [7, 11) is -4.84. The maximum Gasteiger partial charge on any atom is 1.00 e. The van der Waals surface area contributed by atoms with E-state index in [0.29, 0.717) is 29.3 Å². The van der Waals surface area contributed by atoms with Crippen LogP contribution in [0.15, 0.2) is 23.4 Å². The quantitative estimate of drug-likeness (QED) is 0.303. The van der Waals surface area contributed by atoms with Crippen molar-refractivity contribution in [2.24, 2.45) is 5.16 Å². The van der Waals surface area contributed by atoms with Crippen molar-refractivity contribution in [2.45, 2.75) is 19.8 Å². The number of anilines is 1. The molecule has 21 heavy (non-hydrogen) atoms. The van der Waals surface area contributed by atoms with Gasteiger partial charge in [-0.15, -0.1) is 0 Å². The summed E-state index contributed by atoms with van der Waals surface area (Å²) < 4.78 is 35.5. The number of benzene rings is 1. The molecular formula is C12H14ClKN2O4S. The second-order valence-corrected chi connectivity index (χ2v) is 5.82. The molecule has 0 bridgehead atoms. The van der Waals surface area contributed by atoms with E-state index in [2.05, 4.69) is 21.3 Å². The van der Waals surface area contributed by atoms with Crippen molar-refractivity contribution >= 4 is 33.4 Å². The first kappa shape index (κ1) is 19.4. The van der Waals surface area contributed by atoms with Crippen molar-refractivity contribution in [3.05, 3.63) is 28.8 Å². The third-order valence-electron chi connectivity index (χ3n) is 2.96. The minimum absolute atomic E-state index is 0. The van der Waals surface area contributed by atoms with Crippen LogP contribution in [0.3, 0.4) is 0 Å². The van der Waals surface area contributed by atoms with Crippen LogP contribution in [0.5, 0.6) is 0 Å². The third-order valence-corrected chi connectivity index (χ3v) is 3.45. The Morgan fingerprint density at radius 2 is 2.19 bits per heavy atom. The molecule has 1 heterocycles. The molecule has 0 radical (unpaired) electrons. The van der Waals surface area contributed by atoms with E-state index in [9.17, 15) is 13.0 Å². The van der Waals surface area contributed by atoms with Gasteiger partial charge in [-0.2, -0.15) is 8.42 Å². The first-order chi connectivity index (χ1) is 9.40. The van der Waals surface area contributed by atoms with E-state index in [1.54, 1.807) is 12.1 Å². The molecule has 0 spiro atoms.